The summed E-state index contributed by atoms with van der Waals surface area (Å²) in [6.07, 6.45) is 5.64. The van der Waals surface area contributed by atoms with Crippen LogP contribution < -0.4 is 5.32 Å². The van der Waals surface area contributed by atoms with Gasteiger partial charge < -0.3 is 9.73 Å². The van der Waals surface area contributed by atoms with Crippen molar-refractivity contribution in [3.05, 3.63) is 23.2 Å². The third kappa shape index (κ3) is 2.96. The number of hydrogen-bond acceptors (Lipinski definition) is 3. The minimum absolute atomic E-state index is 0.831. The van der Waals surface area contributed by atoms with Gasteiger partial charge in [0.1, 0.15) is 11.5 Å². The van der Waals surface area contributed by atoms with Gasteiger partial charge in [-0.3, -0.25) is 4.90 Å². The molecule has 1 aromatic heterocycles. The summed E-state index contributed by atoms with van der Waals surface area (Å²) in [6.45, 7) is 5.26. The van der Waals surface area contributed by atoms with Crippen LogP contribution in [0.15, 0.2) is 10.5 Å². The summed E-state index contributed by atoms with van der Waals surface area (Å²) in [7, 11) is 1.96. The number of rotatable bonds is 7. The maximum Gasteiger partial charge on any atom is 0.120 e. The highest BCUT2D eigenvalue weighted by molar-refractivity contribution is 5.20. The molecule has 3 heteroatoms. The molecule has 2 aliphatic rings. The second-order valence-corrected chi connectivity index (χ2v) is 5.95. The molecule has 100 valence electrons. The average Bonchev–Trinajstić information content (AvgIpc) is 3.22. The Balaban J connectivity index is 1.63. The number of furan rings is 1. The zero-order chi connectivity index (χ0) is 12.5. The molecule has 3 rings (SSSR count). The van der Waals surface area contributed by atoms with Crippen molar-refractivity contribution in [3.63, 3.8) is 0 Å². The van der Waals surface area contributed by atoms with Crippen LogP contribution in [0.5, 0.6) is 0 Å². The topological polar surface area (TPSA) is 28.4 Å². The second kappa shape index (κ2) is 5.06. The van der Waals surface area contributed by atoms with E-state index in [2.05, 4.69) is 23.2 Å². The van der Waals surface area contributed by atoms with E-state index in [1.54, 1.807) is 0 Å². The van der Waals surface area contributed by atoms with E-state index in [-0.39, 0.29) is 0 Å². The van der Waals surface area contributed by atoms with Crippen LogP contribution in [0.1, 0.15) is 42.8 Å². The predicted molar refractivity (Wildman–Crippen MR) is 72.4 cm³/mol. The zero-order valence-electron chi connectivity index (χ0n) is 11.5. The predicted octanol–water partition coefficient (Wildman–Crippen LogP) is 2.68. The number of nitrogens with one attached hydrogen (secondary N) is 1. The molecule has 1 heterocycles. The normalized spacial score (nSPS) is 19.7. The largest absolute Gasteiger partial charge is 0.463 e. The fourth-order valence-corrected chi connectivity index (χ4v) is 2.62. The van der Waals surface area contributed by atoms with Gasteiger partial charge in [-0.15, -0.1) is 0 Å². The van der Waals surface area contributed by atoms with Crippen LogP contribution in [0.4, 0.5) is 0 Å². The molecule has 1 aromatic rings. The van der Waals surface area contributed by atoms with Crippen LogP contribution in [0.25, 0.3) is 0 Å². The monoisotopic (exact) mass is 248 g/mol. The van der Waals surface area contributed by atoms with Crippen LogP contribution in [0.3, 0.4) is 0 Å². The maximum atomic E-state index is 5.96. The lowest BCUT2D eigenvalue weighted by Crippen LogP contribution is -2.27. The molecule has 2 aliphatic carbocycles. The number of nitrogens with zero attached hydrogens (tertiary/aromatic N) is 1. The molecule has 0 saturated heterocycles. The first kappa shape index (κ1) is 12.2. The third-order valence-corrected chi connectivity index (χ3v) is 4.02. The highest BCUT2D eigenvalue weighted by atomic mass is 16.3. The molecule has 0 atom stereocenters. The molecule has 2 fully saturated rings. The Morgan fingerprint density at radius 2 is 2.11 bits per heavy atom. The Morgan fingerprint density at radius 1 is 1.33 bits per heavy atom. The van der Waals surface area contributed by atoms with E-state index in [0.717, 1.165) is 36.6 Å². The van der Waals surface area contributed by atoms with Gasteiger partial charge in [-0.05, 0) is 57.2 Å². The first-order chi connectivity index (χ1) is 8.76. The Bertz CT molecular complexity index is 405. The molecule has 0 bridgehead atoms. The van der Waals surface area contributed by atoms with Crippen LogP contribution in [0.2, 0.25) is 0 Å². The Hall–Kier alpha value is -0.800. The quantitative estimate of drug-likeness (QED) is 0.804. The summed E-state index contributed by atoms with van der Waals surface area (Å²) in [5, 5.41) is 3.16. The van der Waals surface area contributed by atoms with Crippen molar-refractivity contribution in [2.45, 2.75) is 51.7 Å². The maximum absolute atomic E-state index is 5.96. The highest BCUT2D eigenvalue weighted by Crippen LogP contribution is 2.35. The van der Waals surface area contributed by atoms with Crippen molar-refractivity contribution in [3.8, 4) is 0 Å². The van der Waals surface area contributed by atoms with Gasteiger partial charge in [-0.1, -0.05) is 0 Å². The van der Waals surface area contributed by atoms with E-state index in [4.69, 9.17) is 4.42 Å². The fourth-order valence-electron chi connectivity index (χ4n) is 2.62. The van der Waals surface area contributed by atoms with Crippen molar-refractivity contribution in [1.29, 1.82) is 0 Å². The molecule has 18 heavy (non-hydrogen) atoms. The van der Waals surface area contributed by atoms with E-state index < -0.39 is 0 Å². The van der Waals surface area contributed by atoms with Gasteiger partial charge in [0.05, 0.1) is 13.1 Å². The van der Waals surface area contributed by atoms with E-state index in [9.17, 15) is 0 Å². The Kier molecular flexibility index (Phi) is 3.44. The molecule has 0 aromatic carbocycles. The van der Waals surface area contributed by atoms with Gasteiger partial charge >= 0.3 is 0 Å². The lowest BCUT2D eigenvalue weighted by Gasteiger charge is -2.20. The van der Waals surface area contributed by atoms with Gasteiger partial charge in [0, 0.05) is 12.6 Å². The van der Waals surface area contributed by atoms with Gasteiger partial charge in [0.25, 0.3) is 0 Å². The fraction of sp³-hybridized carbons (Fsp3) is 0.733. The SMILES string of the molecule is CNCc1oc(CN(CC2CC2)C2CC2)cc1C. The summed E-state index contributed by atoms with van der Waals surface area (Å²) in [5.41, 5.74) is 1.28. The van der Waals surface area contributed by atoms with E-state index in [1.165, 1.54) is 37.8 Å². The summed E-state index contributed by atoms with van der Waals surface area (Å²) in [6, 6.07) is 3.05. The molecule has 0 spiro atoms. The van der Waals surface area contributed by atoms with Crippen LogP contribution in [-0.2, 0) is 13.1 Å². The van der Waals surface area contributed by atoms with Crippen LogP contribution in [0, 0.1) is 12.8 Å². The van der Waals surface area contributed by atoms with Gasteiger partial charge in [0.15, 0.2) is 0 Å². The Labute approximate surface area is 110 Å². The minimum atomic E-state index is 0.831. The molecule has 0 radical (unpaired) electrons. The first-order valence-corrected chi connectivity index (χ1v) is 7.23. The van der Waals surface area contributed by atoms with Gasteiger partial charge in [-0.2, -0.15) is 0 Å². The first-order valence-electron chi connectivity index (χ1n) is 7.23. The summed E-state index contributed by atoms with van der Waals surface area (Å²) < 4.78 is 5.96. The van der Waals surface area contributed by atoms with Crippen molar-refractivity contribution in [1.82, 2.24) is 10.2 Å². The number of aryl methyl sites for hydroxylation is 1. The van der Waals surface area contributed by atoms with E-state index in [0.29, 0.717) is 0 Å². The molecule has 1 N–H and O–H groups in total. The standard InChI is InChI=1S/C15H24N2O/c1-11-7-14(18-15(11)8-16-2)10-17(13-5-6-13)9-12-3-4-12/h7,12-13,16H,3-6,8-10H2,1-2H3. The smallest absolute Gasteiger partial charge is 0.120 e. The van der Waals surface area contributed by atoms with E-state index >= 15 is 0 Å². The summed E-state index contributed by atoms with van der Waals surface area (Å²) in [4.78, 5) is 2.64. The summed E-state index contributed by atoms with van der Waals surface area (Å²) in [5.74, 6) is 3.21. The third-order valence-electron chi connectivity index (χ3n) is 4.02. The average molecular weight is 248 g/mol. The minimum Gasteiger partial charge on any atom is -0.463 e. The molecule has 0 aliphatic heterocycles. The lowest BCUT2D eigenvalue weighted by molar-refractivity contribution is 0.222. The van der Waals surface area contributed by atoms with Crippen molar-refractivity contribution < 1.29 is 4.42 Å². The molecular weight excluding hydrogens is 224 g/mol. The van der Waals surface area contributed by atoms with E-state index in [1.807, 2.05) is 7.05 Å². The molecular formula is C15H24N2O. The van der Waals surface area contributed by atoms with Crippen molar-refractivity contribution >= 4 is 0 Å². The second-order valence-electron chi connectivity index (χ2n) is 5.95. The molecule has 3 nitrogen and oxygen atoms in total. The van der Waals surface area contributed by atoms with Crippen molar-refractivity contribution in [2.24, 2.45) is 5.92 Å². The zero-order valence-corrected chi connectivity index (χ0v) is 11.5. The van der Waals surface area contributed by atoms with Crippen LogP contribution in [-0.4, -0.2) is 24.5 Å². The molecule has 2 saturated carbocycles. The molecule has 0 amide bonds. The van der Waals surface area contributed by atoms with Crippen molar-refractivity contribution in [2.75, 3.05) is 13.6 Å². The molecule has 0 unspecified atom stereocenters. The van der Waals surface area contributed by atoms with Gasteiger partial charge in [-0.25, -0.2) is 0 Å². The number of hydrogen-bond donors (Lipinski definition) is 1. The Morgan fingerprint density at radius 3 is 2.72 bits per heavy atom. The highest BCUT2D eigenvalue weighted by Gasteiger charge is 2.34. The summed E-state index contributed by atoms with van der Waals surface area (Å²) >= 11 is 0. The lowest BCUT2D eigenvalue weighted by atomic mass is 10.2. The van der Waals surface area contributed by atoms with Gasteiger partial charge in [0.2, 0.25) is 0 Å². The van der Waals surface area contributed by atoms with Crippen LogP contribution >= 0.6 is 0 Å².